The summed E-state index contributed by atoms with van der Waals surface area (Å²) in [7, 11) is 0. The maximum atomic E-state index is 13.4. The molecule has 98 valence electrons. The van der Waals surface area contributed by atoms with E-state index in [0.29, 0.717) is 0 Å². The molecule has 1 aromatic rings. The van der Waals surface area contributed by atoms with Crippen molar-refractivity contribution in [2.75, 3.05) is 13.3 Å². The molecule has 0 spiro atoms. The number of hydrogen-bond donors (Lipinski definition) is 1. The molecular formula is C12H11F3O3. The van der Waals surface area contributed by atoms with Crippen LogP contribution in [0.2, 0.25) is 0 Å². The second kappa shape index (κ2) is 6.68. The van der Waals surface area contributed by atoms with Crippen LogP contribution in [0.3, 0.4) is 0 Å². The molecule has 0 unspecified atom stereocenters. The Labute approximate surface area is 101 Å². The van der Waals surface area contributed by atoms with Crippen molar-refractivity contribution in [2.45, 2.75) is 6.42 Å². The Kier molecular flexibility index (Phi) is 5.23. The van der Waals surface area contributed by atoms with Crippen molar-refractivity contribution < 1.29 is 27.8 Å². The first-order chi connectivity index (χ1) is 8.54. The highest BCUT2D eigenvalue weighted by Gasteiger charge is 2.11. The molecule has 1 N–H and O–H groups in total. The third-order valence-electron chi connectivity index (χ3n) is 1.96. The smallest absolute Gasteiger partial charge is 0.328 e. The van der Waals surface area contributed by atoms with Crippen molar-refractivity contribution >= 4 is 12.0 Å². The maximum absolute atomic E-state index is 13.4. The van der Waals surface area contributed by atoms with Crippen molar-refractivity contribution in [2.24, 2.45) is 0 Å². The fourth-order valence-electron chi connectivity index (χ4n) is 1.21. The highest BCUT2D eigenvalue weighted by atomic mass is 19.1. The summed E-state index contributed by atoms with van der Waals surface area (Å²) < 4.78 is 43.4. The first kappa shape index (κ1) is 14.1. The van der Waals surface area contributed by atoms with E-state index in [1.165, 1.54) is 0 Å². The molecule has 0 saturated heterocycles. The second-order valence-electron chi connectivity index (χ2n) is 3.38. The van der Waals surface area contributed by atoms with E-state index in [0.717, 1.165) is 24.3 Å². The molecule has 0 aliphatic rings. The Morgan fingerprint density at radius 2 is 1.94 bits per heavy atom. The Hall–Kier alpha value is -1.98. The largest absolute Gasteiger partial charge is 0.488 e. The summed E-state index contributed by atoms with van der Waals surface area (Å²) >= 11 is 0. The van der Waals surface area contributed by atoms with Gasteiger partial charge in [-0.15, -0.1) is 0 Å². The van der Waals surface area contributed by atoms with E-state index < -0.39 is 30.0 Å². The Morgan fingerprint density at radius 1 is 1.33 bits per heavy atom. The minimum absolute atomic E-state index is 0.0412. The van der Waals surface area contributed by atoms with E-state index in [1.54, 1.807) is 0 Å². The van der Waals surface area contributed by atoms with E-state index in [4.69, 9.17) is 9.84 Å². The lowest BCUT2D eigenvalue weighted by Gasteiger charge is -2.08. The highest BCUT2D eigenvalue weighted by molar-refractivity contribution is 5.85. The lowest BCUT2D eigenvalue weighted by Crippen LogP contribution is -2.02. The van der Waals surface area contributed by atoms with Gasteiger partial charge in [0.15, 0.2) is 17.4 Å². The minimum Gasteiger partial charge on any atom is -0.488 e. The van der Waals surface area contributed by atoms with Crippen molar-refractivity contribution in [3.63, 3.8) is 0 Å². The molecular weight excluding hydrogens is 249 g/mol. The van der Waals surface area contributed by atoms with Gasteiger partial charge in [0.25, 0.3) is 0 Å². The lowest BCUT2D eigenvalue weighted by atomic mass is 10.2. The van der Waals surface area contributed by atoms with Gasteiger partial charge in [-0.2, -0.15) is 0 Å². The van der Waals surface area contributed by atoms with Crippen LogP contribution in [-0.2, 0) is 4.79 Å². The summed E-state index contributed by atoms with van der Waals surface area (Å²) in [6.07, 6.45) is 1.86. The predicted molar refractivity (Wildman–Crippen MR) is 59.1 cm³/mol. The number of carboxylic acids is 1. The van der Waals surface area contributed by atoms with Crippen LogP contribution >= 0.6 is 0 Å². The third-order valence-corrected chi connectivity index (χ3v) is 1.96. The first-order valence-corrected chi connectivity index (χ1v) is 5.13. The van der Waals surface area contributed by atoms with Crippen LogP contribution in [-0.4, -0.2) is 24.4 Å². The van der Waals surface area contributed by atoms with Crippen molar-refractivity contribution in [3.8, 4) is 5.75 Å². The highest BCUT2D eigenvalue weighted by Crippen LogP contribution is 2.24. The van der Waals surface area contributed by atoms with Crippen LogP contribution in [0.4, 0.5) is 13.2 Å². The van der Waals surface area contributed by atoms with Crippen LogP contribution < -0.4 is 4.74 Å². The SMILES string of the molecule is O=C(O)/C=C/c1cc(F)c(OCCCF)c(F)c1. The zero-order chi connectivity index (χ0) is 13.5. The molecule has 3 nitrogen and oxygen atoms in total. The van der Waals surface area contributed by atoms with E-state index >= 15 is 0 Å². The number of alkyl halides is 1. The van der Waals surface area contributed by atoms with Gasteiger partial charge < -0.3 is 9.84 Å². The number of benzene rings is 1. The van der Waals surface area contributed by atoms with Crippen molar-refractivity contribution in [3.05, 3.63) is 35.4 Å². The lowest BCUT2D eigenvalue weighted by molar-refractivity contribution is -0.131. The predicted octanol–water partition coefficient (Wildman–Crippen LogP) is 2.80. The summed E-state index contributed by atoms with van der Waals surface area (Å²) in [5, 5.41) is 8.38. The number of hydrogen-bond acceptors (Lipinski definition) is 2. The molecule has 0 bridgehead atoms. The second-order valence-corrected chi connectivity index (χ2v) is 3.38. The van der Waals surface area contributed by atoms with Crippen molar-refractivity contribution in [1.29, 1.82) is 0 Å². The summed E-state index contributed by atoms with van der Waals surface area (Å²) in [6.45, 7) is -0.767. The molecule has 1 aromatic carbocycles. The van der Waals surface area contributed by atoms with Gasteiger partial charge in [-0.25, -0.2) is 13.6 Å². The fraction of sp³-hybridized carbons (Fsp3) is 0.250. The van der Waals surface area contributed by atoms with Gasteiger partial charge in [-0.05, 0) is 23.8 Å². The molecule has 0 fully saturated rings. The molecule has 0 radical (unpaired) electrons. The van der Waals surface area contributed by atoms with E-state index in [1.807, 2.05) is 0 Å². The molecule has 0 heterocycles. The average molecular weight is 260 g/mol. The molecule has 0 aliphatic carbocycles. The zero-order valence-electron chi connectivity index (χ0n) is 9.33. The Morgan fingerprint density at radius 3 is 2.44 bits per heavy atom. The van der Waals surface area contributed by atoms with E-state index in [-0.39, 0.29) is 18.6 Å². The first-order valence-electron chi connectivity index (χ1n) is 5.13. The molecule has 0 amide bonds. The van der Waals surface area contributed by atoms with Gasteiger partial charge in [0.1, 0.15) is 0 Å². The van der Waals surface area contributed by atoms with Crippen LogP contribution in [0.1, 0.15) is 12.0 Å². The molecule has 1 rings (SSSR count). The number of carbonyl (C=O) groups is 1. The summed E-state index contributed by atoms with van der Waals surface area (Å²) in [4.78, 5) is 10.2. The number of carboxylic acid groups (broad SMARTS) is 1. The van der Waals surface area contributed by atoms with Gasteiger partial charge in [-0.3, -0.25) is 4.39 Å². The number of rotatable bonds is 6. The monoisotopic (exact) mass is 260 g/mol. The fourth-order valence-corrected chi connectivity index (χ4v) is 1.21. The summed E-state index contributed by atoms with van der Waals surface area (Å²) in [5.74, 6) is -3.73. The minimum atomic E-state index is -1.22. The van der Waals surface area contributed by atoms with Crippen LogP contribution in [0, 0.1) is 11.6 Å². The molecule has 0 aromatic heterocycles. The summed E-state index contributed by atoms with van der Waals surface area (Å²) in [6, 6.07) is 1.88. The standard InChI is InChI=1S/C12H11F3O3/c13-4-1-5-18-12-9(14)6-8(7-10(12)15)2-3-11(16)17/h2-3,6-7H,1,4-5H2,(H,16,17)/b3-2+. The van der Waals surface area contributed by atoms with Gasteiger partial charge in [0.2, 0.25) is 0 Å². The van der Waals surface area contributed by atoms with E-state index in [2.05, 4.69) is 0 Å². The Bertz CT molecular complexity index is 435. The van der Waals surface area contributed by atoms with Gasteiger partial charge in [0.05, 0.1) is 13.3 Å². The number of aliphatic carboxylic acids is 1. The quantitative estimate of drug-likeness (QED) is 0.632. The van der Waals surface area contributed by atoms with E-state index in [9.17, 15) is 18.0 Å². The number of ether oxygens (including phenoxy) is 1. The van der Waals surface area contributed by atoms with Crippen LogP contribution in [0.5, 0.6) is 5.75 Å². The summed E-state index contributed by atoms with van der Waals surface area (Å²) in [5.41, 5.74) is 0.0604. The van der Waals surface area contributed by atoms with Crippen LogP contribution in [0.25, 0.3) is 6.08 Å². The van der Waals surface area contributed by atoms with Crippen molar-refractivity contribution in [1.82, 2.24) is 0 Å². The number of halogens is 3. The topological polar surface area (TPSA) is 46.5 Å². The van der Waals surface area contributed by atoms with Crippen LogP contribution in [0.15, 0.2) is 18.2 Å². The zero-order valence-corrected chi connectivity index (χ0v) is 9.33. The van der Waals surface area contributed by atoms with Gasteiger partial charge in [-0.1, -0.05) is 0 Å². The average Bonchev–Trinajstić information content (AvgIpc) is 2.30. The Balaban J connectivity index is 2.87. The maximum Gasteiger partial charge on any atom is 0.328 e. The van der Waals surface area contributed by atoms with Gasteiger partial charge >= 0.3 is 5.97 Å². The molecule has 0 aliphatic heterocycles. The molecule has 6 heteroatoms. The molecule has 0 atom stereocenters. The molecule has 18 heavy (non-hydrogen) atoms. The normalized spacial score (nSPS) is 10.8. The third kappa shape index (κ3) is 4.12. The molecule has 0 saturated carbocycles. The van der Waals surface area contributed by atoms with Gasteiger partial charge in [0, 0.05) is 12.5 Å².